The Morgan fingerprint density at radius 2 is 2.18 bits per heavy atom. The van der Waals surface area contributed by atoms with Crippen LogP contribution < -0.4 is 11.1 Å². The van der Waals surface area contributed by atoms with Gasteiger partial charge in [-0.25, -0.2) is 0 Å². The summed E-state index contributed by atoms with van der Waals surface area (Å²) >= 11 is 0. The minimum Gasteiger partial charge on any atom is -0.397 e. The molecule has 1 aromatic carbocycles. The lowest BCUT2D eigenvalue weighted by atomic mass is 10.2. The Morgan fingerprint density at radius 1 is 1.47 bits per heavy atom. The number of amides is 1. The van der Waals surface area contributed by atoms with E-state index in [1.807, 2.05) is 19.9 Å². The summed E-state index contributed by atoms with van der Waals surface area (Å²) in [6, 6.07) is 5.42. The number of carbonyl (C=O) groups excluding carboxylic acids is 1. The molecular weight excluding hydrogens is 236 g/mol. The average molecular weight is 254 g/mol. The number of carbonyl (C=O) groups is 1. The summed E-state index contributed by atoms with van der Waals surface area (Å²) in [6.45, 7) is 3.87. The zero-order chi connectivity index (χ0) is 12.8. The van der Waals surface area contributed by atoms with Crippen LogP contribution in [0.15, 0.2) is 18.2 Å². The van der Waals surface area contributed by atoms with Crippen molar-refractivity contribution < 1.29 is 9.00 Å². The second-order valence-electron chi connectivity index (χ2n) is 3.93. The molecule has 0 fully saturated rings. The first-order valence-corrected chi connectivity index (χ1v) is 7.02. The van der Waals surface area contributed by atoms with Crippen molar-refractivity contribution >= 4 is 28.1 Å². The van der Waals surface area contributed by atoms with E-state index < -0.39 is 10.8 Å². The third-order valence-electron chi connectivity index (χ3n) is 2.21. The molecule has 1 rings (SSSR count). The van der Waals surface area contributed by atoms with Gasteiger partial charge in [-0.05, 0) is 31.0 Å². The fourth-order valence-corrected chi connectivity index (χ4v) is 2.39. The molecule has 0 heterocycles. The van der Waals surface area contributed by atoms with Crippen LogP contribution in [0.5, 0.6) is 0 Å². The van der Waals surface area contributed by atoms with E-state index >= 15 is 0 Å². The third-order valence-corrected chi connectivity index (χ3v) is 3.65. The summed E-state index contributed by atoms with van der Waals surface area (Å²) in [5, 5.41) is 2.67. The Hall–Kier alpha value is -1.36. The number of hydrogen-bond donors (Lipinski definition) is 2. The molecule has 1 aromatic rings. The van der Waals surface area contributed by atoms with Crippen molar-refractivity contribution in [3.63, 3.8) is 0 Å². The summed E-state index contributed by atoms with van der Waals surface area (Å²) in [4.78, 5) is 11.6. The summed E-state index contributed by atoms with van der Waals surface area (Å²) in [7, 11) is -1.09. The van der Waals surface area contributed by atoms with Crippen LogP contribution in [0.2, 0.25) is 0 Å². The molecule has 17 heavy (non-hydrogen) atoms. The molecule has 0 aromatic heterocycles. The van der Waals surface area contributed by atoms with E-state index in [1.54, 1.807) is 12.1 Å². The molecule has 0 aliphatic heterocycles. The van der Waals surface area contributed by atoms with Gasteiger partial charge in [0.25, 0.3) is 0 Å². The minimum atomic E-state index is -1.09. The van der Waals surface area contributed by atoms with E-state index in [0.717, 1.165) is 12.0 Å². The Balaban J connectivity index is 2.59. The molecular formula is C12H18N2O2S. The highest BCUT2D eigenvalue weighted by Crippen LogP contribution is 2.19. The highest BCUT2D eigenvalue weighted by Gasteiger charge is 2.09. The monoisotopic (exact) mass is 254 g/mol. The molecule has 1 amide bonds. The molecule has 0 radical (unpaired) electrons. The van der Waals surface area contributed by atoms with Crippen molar-refractivity contribution in [2.45, 2.75) is 20.3 Å². The maximum atomic E-state index is 11.6. The van der Waals surface area contributed by atoms with Crippen molar-refractivity contribution in [1.82, 2.24) is 0 Å². The van der Waals surface area contributed by atoms with Gasteiger partial charge in [-0.3, -0.25) is 9.00 Å². The molecule has 0 bridgehead atoms. The predicted molar refractivity (Wildman–Crippen MR) is 72.4 cm³/mol. The summed E-state index contributed by atoms with van der Waals surface area (Å²) in [5.74, 6) is 0.324. The van der Waals surface area contributed by atoms with E-state index in [9.17, 15) is 9.00 Å². The van der Waals surface area contributed by atoms with E-state index in [2.05, 4.69) is 5.32 Å². The number of nitrogen functional groups attached to an aromatic ring is 1. The predicted octanol–water partition coefficient (Wildman–Crippen LogP) is 1.67. The van der Waals surface area contributed by atoms with Crippen LogP contribution in [0.3, 0.4) is 0 Å². The molecule has 1 atom stereocenters. The number of aryl methyl sites for hydroxylation is 1. The van der Waals surface area contributed by atoms with Gasteiger partial charge in [-0.1, -0.05) is 13.0 Å². The summed E-state index contributed by atoms with van der Waals surface area (Å²) < 4.78 is 11.4. The number of benzene rings is 1. The second-order valence-corrected chi connectivity index (χ2v) is 5.50. The lowest BCUT2D eigenvalue weighted by Crippen LogP contribution is -2.21. The van der Waals surface area contributed by atoms with Crippen molar-refractivity contribution in [3.8, 4) is 0 Å². The summed E-state index contributed by atoms with van der Waals surface area (Å²) in [5.41, 5.74) is 7.91. The van der Waals surface area contributed by atoms with Crippen molar-refractivity contribution in [2.24, 2.45) is 0 Å². The number of nitrogens with two attached hydrogens (primary N) is 1. The van der Waals surface area contributed by atoms with E-state index in [4.69, 9.17) is 5.73 Å². The third kappa shape index (κ3) is 4.56. The molecule has 5 heteroatoms. The average Bonchev–Trinajstić information content (AvgIpc) is 2.22. The van der Waals surface area contributed by atoms with E-state index in [0.29, 0.717) is 17.1 Å². The van der Waals surface area contributed by atoms with E-state index in [-0.39, 0.29) is 11.7 Å². The molecule has 4 nitrogen and oxygen atoms in total. The van der Waals surface area contributed by atoms with Gasteiger partial charge in [0.1, 0.15) is 5.75 Å². The van der Waals surface area contributed by atoms with Crippen molar-refractivity contribution in [3.05, 3.63) is 23.8 Å². The Morgan fingerprint density at radius 3 is 2.76 bits per heavy atom. The minimum absolute atomic E-state index is 0.0289. The molecule has 0 saturated heterocycles. The SMILES string of the molecule is CCCS(=O)CC(=O)Nc1ccc(C)cc1N. The zero-order valence-electron chi connectivity index (χ0n) is 10.2. The molecule has 0 spiro atoms. The first-order chi connectivity index (χ1) is 8.02. The molecule has 0 saturated carbocycles. The standard InChI is InChI=1S/C12H18N2O2S/c1-3-6-17(16)8-12(15)14-11-5-4-9(2)7-10(11)13/h4-5,7H,3,6,8,13H2,1-2H3,(H,14,15). The molecule has 0 aliphatic rings. The van der Waals surface area contributed by atoms with Crippen LogP contribution >= 0.6 is 0 Å². The van der Waals surface area contributed by atoms with Crippen LogP contribution in [0.25, 0.3) is 0 Å². The fraction of sp³-hybridized carbons (Fsp3) is 0.417. The first-order valence-electron chi connectivity index (χ1n) is 5.54. The van der Waals surface area contributed by atoms with Gasteiger partial charge in [-0.2, -0.15) is 0 Å². The van der Waals surface area contributed by atoms with Crippen molar-refractivity contribution in [2.75, 3.05) is 22.6 Å². The topological polar surface area (TPSA) is 72.2 Å². The lowest BCUT2D eigenvalue weighted by Gasteiger charge is -2.08. The number of hydrogen-bond acceptors (Lipinski definition) is 3. The maximum absolute atomic E-state index is 11.6. The molecule has 94 valence electrons. The van der Waals surface area contributed by atoms with Crippen molar-refractivity contribution in [1.29, 1.82) is 0 Å². The normalized spacial score (nSPS) is 12.1. The van der Waals surface area contributed by atoms with Crippen LogP contribution in [0.1, 0.15) is 18.9 Å². The quantitative estimate of drug-likeness (QED) is 0.785. The number of anilines is 2. The largest absolute Gasteiger partial charge is 0.397 e. The first kappa shape index (κ1) is 13.7. The van der Waals surface area contributed by atoms with Gasteiger partial charge in [0, 0.05) is 16.6 Å². The maximum Gasteiger partial charge on any atom is 0.237 e. The van der Waals surface area contributed by atoms with Gasteiger partial charge < -0.3 is 11.1 Å². The van der Waals surface area contributed by atoms with Crippen LogP contribution in [-0.4, -0.2) is 21.6 Å². The molecule has 3 N–H and O–H groups in total. The Labute approximate surface area is 104 Å². The summed E-state index contributed by atoms with van der Waals surface area (Å²) in [6.07, 6.45) is 0.812. The van der Waals surface area contributed by atoms with E-state index in [1.165, 1.54) is 0 Å². The molecule has 0 aliphatic carbocycles. The van der Waals surface area contributed by atoms with Gasteiger partial charge in [0.2, 0.25) is 5.91 Å². The van der Waals surface area contributed by atoms with Gasteiger partial charge in [0.15, 0.2) is 0 Å². The smallest absolute Gasteiger partial charge is 0.237 e. The van der Waals surface area contributed by atoms with Gasteiger partial charge >= 0.3 is 0 Å². The number of rotatable bonds is 5. The Kier molecular flexibility index (Phi) is 5.15. The molecule has 1 unspecified atom stereocenters. The van der Waals surface area contributed by atoms with Gasteiger partial charge in [0.05, 0.1) is 11.4 Å². The Bertz CT molecular complexity index is 433. The second kappa shape index (κ2) is 6.39. The highest BCUT2D eigenvalue weighted by molar-refractivity contribution is 7.85. The van der Waals surface area contributed by atoms with Crippen LogP contribution in [0.4, 0.5) is 11.4 Å². The lowest BCUT2D eigenvalue weighted by molar-refractivity contribution is -0.113. The number of nitrogens with one attached hydrogen (secondary N) is 1. The van der Waals surface area contributed by atoms with Crippen LogP contribution in [0, 0.1) is 6.92 Å². The zero-order valence-corrected chi connectivity index (χ0v) is 11.0. The van der Waals surface area contributed by atoms with Gasteiger partial charge in [-0.15, -0.1) is 0 Å². The fourth-order valence-electron chi connectivity index (χ4n) is 1.43. The highest BCUT2D eigenvalue weighted by atomic mass is 32.2. The van der Waals surface area contributed by atoms with Crippen LogP contribution in [-0.2, 0) is 15.6 Å².